The maximum Gasteiger partial charge on any atom is 0.311 e. The van der Waals surface area contributed by atoms with Crippen molar-refractivity contribution < 1.29 is 24.5 Å². The van der Waals surface area contributed by atoms with E-state index < -0.39 is 30.1 Å². The van der Waals surface area contributed by atoms with E-state index in [0.29, 0.717) is 13.0 Å². The molecule has 0 aromatic rings. The number of amides is 1. The number of carbonyl (C=O) groups is 2. The average molecular weight is 258 g/mol. The first kappa shape index (κ1) is 13.3. The van der Waals surface area contributed by atoms with Crippen LogP contribution in [0.3, 0.4) is 0 Å². The van der Waals surface area contributed by atoms with Crippen LogP contribution in [0.25, 0.3) is 0 Å². The van der Waals surface area contributed by atoms with Crippen molar-refractivity contribution in [1.29, 1.82) is 0 Å². The molecule has 18 heavy (non-hydrogen) atoms. The van der Waals surface area contributed by atoms with E-state index in [2.05, 4.69) is 5.32 Å². The van der Waals surface area contributed by atoms with Gasteiger partial charge in [-0.25, -0.2) is 0 Å². The van der Waals surface area contributed by atoms with Gasteiger partial charge in [-0.1, -0.05) is 0 Å². The van der Waals surface area contributed by atoms with E-state index in [1.165, 1.54) is 4.90 Å². The Kier molecular flexibility index (Phi) is 3.84. The maximum atomic E-state index is 12.1. The molecule has 2 fully saturated rings. The van der Waals surface area contributed by atoms with E-state index in [-0.39, 0.29) is 19.1 Å². The van der Waals surface area contributed by atoms with Crippen LogP contribution in [0.5, 0.6) is 0 Å². The third-order valence-corrected chi connectivity index (χ3v) is 3.62. The molecule has 0 saturated carbocycles. The van der Waals surface area contributed by atoms with Crippen molar-refractivity contribution in [2.75, 3.05) is 26.8 Å². The number of β-amino-alcohol motifs (C(OH)–C–C–N with tert-alkyl or cyclic N) is 1. The zero-order valence-electron chi connectivity index (χ0n) is 10.2. The number of rotatable bonds is 3. The second-order valence-electron chi connectivity index (χ2n) is 4.85. The van der Waals surface area contributed by atoms with Gasteiger partial charge in [0.25, 0.3) is 0 Å². The quantitative estimate of drug-likeness (QED) is 0.556. The summed E-state index contributed by atoms with van der Waals surface area (Å²) in [5.41, 5.74) is 0. The zero-order valence-corrected chi connectivity index (χ0v) is 10.2. The Morgan fingerprint density at radius 1 is 1.39 bits per heavy atom. The van der Waals surface area contributed by atoms with Crippen LogP contribution < -0.4 is 5.32 Å². The van der Waals surface area contributed by atoms with Gasteiger partial charge in [0, 0.05) is 13.6 Å². The van der Waals surface area contributed by atoms with Crippen LogP contribution in [0, 0.1) is 5.92 Å². The smallest absolute Gasteiger partial charge is 0.311 e. The zero-order chi connectivity index (χ0) is 13.3. The highest BCUT2D eigenvalue weighted by molar-refractivity contribution is 5.83. The number of hydrogen-bond acceptors (Lipinski definition) is 5. The van der Waals surface area contributed by atoms with E-state index in [9.17, 15) is 14.7 Å². The van der Waals surface area contributed by atoms with Gasteiger partial charge in [0.2, 0.25) is 5.91 Å². The molecular formula is C11H18N2O5. The fraction of sp³-hybridized carbons (Fsp3) is 0.818. The van der Waals surface area contributed by atoms with Crippen molar-refractivity contribution in [2.45, 2.75) is 24.6 Å². The lowest BCUT2D eigenvalue weighted by Gasteiger charge is -2.28. The molecule has 0 aromatic heterocycles. The van der Waals surface area contributed by atoms with Crippen molar-refractivity contribution >= 4 is 11.9 Å². The van der Waals surface area contributed by atoms with Crippen LogP contribution in [0.15, 0.2) is 0 Å². The Morgan fingerprint density at radius 3 is 2.67 bits per heavy atom. The summed E-state index contributed by atoms with van der Waals surface area (Å²) < 4.78 is 5.14. The number of carbonyl (C=O) groups excluding carboxylic acids is 1. The van der Waals surface area contributed by atoms with Crippen molar-refractivity contribution in [3.63, 3.8) is 0 Å². The van der Waals surface area contributed by atoms with Crippen molar-refractivity contribution in [3.8, 4) is 0 Å². The van der Waals surface area contributed by atoms with Crippen LogP contribution in [0.4, 0.5) is 0 Å². The minimum atomic E-state index is -0.948. The molecular weight excluding hydrogens is 240 g/mol. The second kappa shape index (κ2) is 5.21. The summed E-state index contributed by atoms with van der Waals surface area (Å²) in [4.78, 5) is 24.6. The third kappa shape index (κ3) is 2.47. The average Bonchev–Trinajstić information content (AvgIpc) is 2.95. The number of likely N-dealkylation sites (N-methyl/N-ethyl adjacent to an activating group) is 1. The first-order chi connectivity index (χ1) is 8.50. The molecule has 4 atom stereocenters. The molecule has 0 aromatic carbocycles. The lowest BCUT2D eigenvalue weighted by Crippen LogP contribution is -2.50. The fourth-order valence-electron chi connectivity index (χ4n) is 2.47. The molecule has 3 N–H and O–H groups in total. The number of carboxylic acids is 1. The highest BCUT2D eigenvalue weighted by Crippen LogP contribution is 2.21. The largest absolute Gasteiger partial charge is 0.481 e. The van der Waals surface area contributed by atoms with Crippen LogP contribution in [0.1, 0.15) is 6.42 Å². The van der Waals surface area contributed by atoms with Gasteiger partial charge in [0.05, 0.1) is 31.4 Å². The molecule has 102 valence electrons. The predicted molar refractivity (Wildman–Crippen MR) is 60.9 cm³/mol. The highest BCUT2D eigenvalue weighted by atomic mass is 16.5. The van der Waals surface area contributed by atoms with Gasteiger partial charge >= 0.3 is 5.97 Å². The van der Waals surface area contributed by atoms with Gasteiger partial charge in [-0.2, -0.15) is 0 Å². The van der Waals surface area contributed by atoms with E-state index in [4.69, 9.17) is 9.84 Å². The summed E-state index contributed by atoms with van der Waals surface area (Å²) >= 11 is 0. The van der Waals surface area contributed by atoms with Crippen LogP contribution >= 0.6 is 0 Å². The first-order valence-electron chi connectivity index (χ1n) is 5.99. The van der Waals surface area contributed by atoms with Crippen LogP contribution in [-0.4, -0.2) is 72.0 Å². The predicted octanol–water partition coefficient (Wildman–Crippen LogP) is -1.73. The third-order valence-electron chi connectivity index (χ3n) is 3.62. The van der Waals surface area contributed by atoms with Crippen LogP contribution in [0.2, 0.25) is 0 Å². The normalized spacial score (nSPS) is 35.7. The minimum Gasteiger partial charge on any atom is -0.481 e. The van der Waals surface area contributed by atoms with E-state index in [1.807, 2.05) is 0 Å². The molecule has 1 amide bonds. The number of carboxylic acid groups (broad SMARTS) is 1. The number of nitrogens with one attached hydrogen (secondary N) is 1. The molecule has 0 aliphatic carbocycles. The SMILES string of the molecule is CN(C(=O)C1CC(O)CN1)C1COCC1C(=O)O. The Bertz CT molecular complexity index is 348. The summed E-state index contributed by atoms with van der Waals surface area (Å²) in [5.74, 6) is -1.81. The first-order valence-corrected chi connectivity index (χ1v) is 5.99. The number of aliphatic hydroxyl groups excluding tert-OH is 1. The standard InChI is InChI=1S/C11H18N2O5/c1-13(9-5-18-4-7(9)11(16)17)10(15)8-2-6(14)3-12-8/h6-9,12,14H,2-5H2,1H3,(H,16,17). The van der Waals surface area contributed by atoms with Crippen molar-refractivity contribution in [1.82, 2.24) is 10.2 Å². The Balaban J connectivity index is 2.00. The van der Waals surface area contributed by atoms with Gasteiger partial charge in [-0.15, -0.1) is 0 Å². The van der Waals surface area contributed by atoms with E-state index in [1.54, 1.807) is 7.05 Å². The molecule has 2 aliphatic heterocycles. The summed E-state index contributed by atoms with van der Waals surface area (Å²) in [6.07, 6.45) is -0.142. The van der Waals surface area contributed by atoms with Crippen molar-refractivity contribution in [2.24, 2.45) is 5.92 Å². The summed E-state index contributed by atoms with van der Waals surface area (Å²) in [6.45, 7) is 0.778. The Labute approximate surface area is 105 Å². The van der Waals surface area contributed by atoms with E-state index in [0.717, 1.165) is 0 Å². The molecule has 2 aliphatic rings. The molecule has 4 unspecified atom stereocenters. The van der Waals surface area contributed by atoms with Gasteiger partial charge in [-0.3, -0.25) is 9.59 Å². The maximum absolute atomic E-state index is 12.1. The fourth-order valence-corrected chi connectivity index (χ4v) is 2.47. The minimum absolute atomic E-state index is 0.137. The monoisotopic (exact) mass is 258 g/mol. The molecule has 0 spiro atoms. The number of aliphatic hydroxyl groups is 1. The lowest BCUT2D eigenvalue weighted by molar-refractivity contribution is -0.144. The Hall–Kier alpha value is -1.18. The highest BCUT2D eigenvalue weighted by Gasteiger charge is 2.41. The van der Waals surface area contributed by atoms with Crippen LogP contribution in [-0.2, 0) is 14.3 Å². The number of hydrogen-bond donors (Lipinski definition) is 3. The topological polar surface area (TPSA) is 99.1 Å². The van der Waals surface area contributed by atoms with E-state index >= 15 is 0 Å². The van der Waals surface area contributed by atoms with Gasteiger partial charge < -0.3 is 25.2 Å². The summed E-state index contributed by atoms with van der Waals surface area (Å²) in [5, 5.41) is 21.4. The van der Waals surface area contributed by atoms with Gasteiger partial charge in [-0.05, 0) is 6.42 Å². The summed E-state index contributed by atoms with van der Waals surface area (Å²) in [7, 11) is 1.59. The molecule has 7 heteroatoms. The van der Waals surface area contributed by atoms with Gasteiger partial charge in [0.15, 0.2) is 0 Å². The molecule has 0 radical (unpaired) electrons. The van der Waals surface area contributed by atoms with Crippen molar-refractivity contribution in [3.05, 3.63) is 0 Å². The van der Waals surface area contributed by atoms with Gasteiger partial charge in [0.1, 0.15) is 5.92 Å². The number of ether oxygens (including phenoxy) is 1. The Morgan fingerprint density at radius 2 is 2.11 bits per heavy atom. The molecule has 2 rings (SSSR count). The molecule has 0 bridgehead atoms. The molecule has 7 nitrogen and oxygen atoms in total. The molecule has 2 saturated heterocycles. The number of aliphatic carboxylic acids is 1. The number of nitrogens with zero attached hydrogens (tertiary/aromatic N) is 1. The lowest BCUT2D eigenvalue weighted by atomic mass is 10.0. The second-order valence-corrected chi connectivity index (χ2v) is 4.85. The molecule has 2 heterocycles. The summed E-state index contributed by atoms with van der Waals surface area (Å²) in [6, 6.07) is -0.866.